The summed E-state index contributed by atoms with van der Waals surface area (Å²) in [5.74, 6) is -2.67. The fourth-order valence-corrected chi connectivity index (χ4v) is 2.26. The van der Waals surface area contributed by atoms with Gasteiger partial charge in [-0.05, 0) is 24.3 Å². The minimum Gasteiger partial charge on any atom is -0.479 e. The van der Waals surface area contributed by atoms with Gasteiger partial charge in [0.05, 0.1) is 0 Å². The number of hydrogen-bond acceptors (Lipinski definition) is 6. The molecule has 0 saturated heterocycles. The molecule has 1 rings (SSSR count). The summed E-state index contributed by atoms with van der Waals surface area (Å²) in [6, 6.07) is 6.14. The van der Waals surface area contributed by atoms with Gasteiger partial charge in [-0.1, -0.05) is 23.5 Å². The highest BCUT2D eigenvalue weighted by molar-refractivity contribution is 8.00. The van der Waals surface area contributed by atoms with E-state index in [1.54, 1.807) is 0 Å². The topological polar surface area (TPSA) is 115 Å². The first kappa shape index (κ1) is 14.8. The number of rotatable bonds is 6. The van der Waals surface area contributed by atoms with E-state index in [9.17, 15) is 9.59 Å². The van der Waals surface area contributed by atoms with Crippen LogP contribution in [0.4, 0.5) is 0 Å². The third kappa shape index (κ3) is 4.57. The van der Waals surface area contributed by atoms with Gasteiger partial charge < -0.3 is 20.4 Å². The van der Waals surface area contributed by atoms with Gasteiger partial charge in [-0.2, -0.15) is 0 Å². The van der Waals surface area contributed by atoms with Crippen molar-refractivity contribution in [2.24, 2.45) is 0 Å². The molecule has 0 aliphatic carbocycles. The Morgan fingerprint density at radius 2 is 1.11 bits per heavy atom. The van der Waals surface area contributed by atoms with E-state index >= 15 is 0 Å². The first-order chi connectivity index (χ1) is 8.40. The van der Waals surface area contributed by atoms with Crippen molar-refractivity contribution in [2.45, 2.75) is 20.7 Å². The molecule has 0 bridgehead atoms. The molecule has 6 nitrogen and oxygen atoms in total. The lowest BCUT2D eigenvalue weighted by Crippen LogP contribution is -2.15. The lowest BCUT2D eigenvalue weighted by atomic mass is 10.4. The second kappa shape index (κ2) is 6.64. The molecule has 0 amide bonds. The summed E-state index contributed by atoms with van der Waals surface area (Å²) in [6.07, 6.45) is 0. The van der Waals surface area contributed by atoms with Crippen molar-refractivity contribution in [3.63, 3.8) is 0 Å². The Morgan fingerprint density at radius 3 is 1.33 bits per heavy atom. The zero-order valence-electron chi connectivity index (χ0n) is 8.89. The number of benzene rings is 1. The molecule has 8 heteroatoms. The molecule has 4 N–H and O–H groups in total. The molecule has 2 atom stereocenters. The van der Waals surface area contributed by atoms with E-state index in [2.05, 4.69) is 0 Å². The van der Waals surface area contributed by atoms with Crippen LogP contribution in [-0.2, 0) is 9.59 Å². The standard InChI is InChI=1S/C10H10O6S2/c11-7(12)9(15)17-5-1-2-6(4-3-5)18-10(16)8(13)14/h1-4,9-10,15-16H,(H,11,12)(H,13,14). The van der Waals surface area contributed by atoms with Gasteiger partial charge in [0, 0.05) is 9.79 Å². The number of aliphatic hydroxyl groups excluding tert-OH is 2. The van der Waals surface area contributed by atoms with Gasteiger partial charge in [0.25, 0.3) is 0 Å². The van der Waals surface area contributed by atoms with Crippen LogP contribution < -0.4 is 0 Å². The number of carbonyl (C=O) groups is 2. The van der Waals surface area contributed by atoms with Crippen LogP contribution in [0, 0.1) is 0 Å². The van der Waals surface area contributed by atoms with Crippen molar-refractivity contribution in [3.05, 3.63) is 24.3 Å². The Kier molecular flexibility index (Phi) is 5.48. The molecule has 0 fully saturated rings. The molecule has 2 unspecified atom stereocenters. The van der Waals surface area contributed by atoms with Crippen molar-refractivity contribution < 1.29 is 30.0 Å². The highest BCUT2D eigenvalue weighted by Crippen LogP contribution is 2.27. The number of aliphatic hydroxyl groups is 2. The molecular weight excluding hydrogens is 280 g/mol. The molecule has 0 aromatic heterocycles. The summed E-state index contributed by atoms with van der Waals surface area (Å²) < 4.78 is 0. The molecule has 18 heavy (non-hydrogen) atoms. The third-order valence-electron chi connectivity index (χ3n) is 1.74. The first-order valence-electron chi connectivity index (χ1n) is 4.65. The number of aliphatic carboxylic acids is 2. The zero-order chi connectivity index (χ0) is 13.7. The van der Waals surface area contributed by atoms with Crippen LogP contribution in [0.25, 0.3) is 0 Å². The number of carboxylic acid groups (broad SMARTS) is 2. The third-order valence-corrected chi connectivity index (χ3v) is 3.68. The monoisotopic (exact) mass is 290 g/mol. The second-order valence-corrected chi connectivity index (χ2v) is 5.40. The van der Waals surface area contributed by atoms with Gasteiger partial charge in [0.15, 0.2) is 0 Å². The summed E-state index contributed by atoms with van der Waals surface area (Å²) in [5, 5.41) is 35.2. The smallest absolute Gasteiger partial charge is 0.343 e. The Labute approximate surface area is 111 Å². The van der Waals surface area contributed by atoms with E-state index in [1.165, 1.54) is 24.3 Å². The predicted molar refractivity (Wildman–Crippen MR) is 65.4 cm³/mol. The van der Waals surface area contributed by atoms with Crippen molar-refractivity contribution in [2.75, 3.05) is 0 Å². The number of carboxylic acids is 2. The highest BCUT2D eigenvalue weighted by atomic mass is 32.2. The minimum atomic E-state index is -1.55. The van der Waals surface area contributed by atoms with Crippen LogP contribution in [0.5, 0.6) is 0 Å². The maximum absolute atomic E-state index is 10.4. The average molecular weight is 290 g/mol. The van der Waals surface area contributed by atoms with Gasteiger partial charge >= 0.3 is 11.9 Å². The normalized spacial score (nSPS) is 13.9. The van der Waals surface area contributed by atoms with Crippen LogP contribution in [-0.4, -0.2) is 43.2 Å². The van der Waals surface area contributed by atoms with Crippen molar-refractivity contribution in [3.8, 4) is 0 Å². The Hall–Kier alpha value is -1.22. The Bertz CT molecular complexity index is 391. The van der Waals surface area contributed by atoms with Gasteiger partial charge in [-0.25, -0.2) is 9.59 Å². The average Bonchev–Trinajstić information content (AvgIpc) is 2.31. The SMILES string of the molecule is O=C(O)C(O)Sc1ccc(SC(O)C(=O)O)cc1. The van der Waals surface area contributed by atoms with Crippen LogP contribution in [0.15, 0.2) is 34.1 Å². The Balaban J connectivity index is 2.63. The summed E-state index contributed by atoms with van der Waals surface area (Å²) in [7, 11) is 0. The maximum atomic E-state index is 10.4. The van der Waals surface area contributed by atoms with Gasteiger partial charge in [0.1, 0.15) is 0 Å². The van der Waals surface area contributed by atoms with Crippen LogP contribution in [0.1, 0.15) is 0 Å². The molecule has 1 aromatic rings. The first-order valence-corrected chi connectivity index (χ1v) is 6.41. The summed E-state index contributed by atoms with van der Waals surface area (Å²) >= 11 is 1.51. The lowest BCUT2D eigenvalue weighted by molar-refractivity contribution is -0.142. The molecule has 0 aliphatic heterocycles. The zero-order valence-corrected chi connectivity index (χ0v) is 10.5. The van der Waals surface area contributed by atoms with Gasteiger partial charge in [-0.15, -0.1) is 0 Å². The summed E-state index contributed by atoms with van der Waals surface area (Å²) in [6.45, 7) is 0. The molecule has 98 valence electrons. The molecule has 1 aromatic carbocycles. The molecule has 0 spiro atoms. The maximum Gasteiger partial charge on any atom is 0.343 e. The van der Waals surface area contributed by atoms with Gasteiger partial charge in [0.2, 0.25) is 10.9 Å². The van der Waals surface area contributed by atoms with E-state index in [-0.39, 0.29) is 0 Å². The molecule has 0 aliphatic rings. The molecular formula is C10H10O6S2. The minimum absolute atomic E-state index is 0.527. The predicted octanol–water partition coefficient (Wildman–Crippen LogP) is 0.677. The van der Waals surface area contributed by atoms with Crippen LogP contribution in [0.3, 0.4) is 0 Å². The second-order valence-electron chi connectivity index (χ2n) is 3.09. The molecule has 0 heterocycles. The van der Waals surface area contributed by atoms with E-state index < -0.39 is 22.8 Å². The van der Waals surface area contributed by atoms with Crippen LogP contribution in [0.2, 0.25) is 0 Å². The van der Waals surface area contributed by atoms with E-state index in [0.29, 0.717) is 9.79 Å². The lowest BCUT2D eigenvalue weighted by Gasteiger charge is -2.07. The van der Waals surface area contributed by atoms with Crippen molar-refractivity contribution in [1.29, 1.82) is 0 Å². The summed E-state index contributed by atoms with van der Waals surface area (Å²) in [4.78, 5) is 21.9. The molecule has 0 saturated carbocycles. The van der Waals surface area contributed by atoms with E-state index in [0.717, 1.165) is 23.5 Å². The van der Waals surface area contributed by atoms with Gasteiger partial charge in [-0.3, -0.25) is 0 Å². The van der Waals surface area contributed by atoms with Crippen molar-refractivity contribution in [1.82, 2.24) is 0 Å². The van der Waals surface area contributed by atoms with E-state index in [1.807, 2.05) is 0 Å². The van der Waals surface area contributed by atoms with Crippen LogP contribution >= 0.6 is 23.5 Å². The molecule has 0 radical (unpaired) electrons. The number of hydrogen-bond donors (Lipinski definition) is 4. The summed E-state index contributed by atoms with van der Waals surface area (Å²) in [5.41, 5.74) is -3.10. The quantitative estimate of drug-likeness (QED) is 0.446. The highest BCUT2D eigenvalue weighted by Gasteiger charge is 2.16. The largest absolute Gasteiger partial charge is 0.479 e. The fraction of sp³-hybridized carbons (Fsp3) is 0.200. The Morgan fingerprint density at radius 1 is 0.833 bits per heavy atom. The number of thioether (sulfide) groups is 2. The van der Waals surface area contributed by atoms with Crippen molar-refractivity contribution >= 4 is 35.5 Å². The van der Waals surface area contributed by atoms with E-state index in [4.69, 9.17) is 20.4 Å². The fourth-order valence-electron chi connectivity index (χ4n) is 0.955.